The van der Waals surface area contributed by atoms with Crippen LogP contribution in [0.4, 0.5) is 20.3 Å². The van der Waals surface area contributed by atoms with E-state index in [1.54, 1.807) is 16.9 Å². The topological polar surface area (TPSA) is 100 Å². The number of benzene rings is 1. The van der Waals surface area contributed by atoms with Crippen molar-refractivity contribution < 1.29 is 37.5 Å². The molecule has 0 saturated carbocycles. The molecule has 180 valence electrons. The first kappa shape index (κ1) is 26.7. The number of halogens is 2. The number of aromatic nitrogens is 3. The molecule has 0 radical (unpaired) electrons. The van der Waals surface area contributed by atoms with Crippen LogP contribution in [0.15, 0.2) is 42.7 Å². The van der Waals surface area contributed by atoms with Gasteiger partial charge < -0.3 is 20.5 Å². The molecule has 35 heavy (non-hydrogen) atoms. The second kappa shape index (κ2) is 10.8. The van der Waals surface area contributed by atoms with Crippen LogP contribution in [0.2, 0.25) is 0 Å². The summed E-state index contributed by atoms with van der Waals surface area (Å²) >= 11 is 0. The Hall–Kier alpha value is -2.89. The average molecular weight is 475 g/mol. The number of nitrogens with zero attached hydrogens (tertiary/aromatic N) is 4. The summed E-state index contributed by atoms with van der Waals surface area (Å²) in [5.74, 6) is -3.59. The third kappa shape index (κ3) is 5.85. The predicted octanol–water partition coefficient (Wildman–Crippen LogP) is 0.496. The predicted molar refractivity (Wildman–Crippen MR) is 125 cm³/mol. The Bertz CT molecular complexity index is 1200. The Morgan fingerprint density at radius 2 is 1.94 bits per heavy atom. The number of pyridine rings is 1. The molecule has 0 amide bonds. The number of carbonyl (C=O) groups excluding carboxylic acids is 1. The number of carbonyl (C=O) groups is 1. The van der Waals surface area contributed by atoms with Crippen molar-refractivity contribution >= 4 is 17.5 Å². The zero-order valence-corrected chi connectivity index (χ0v) is 20.3. The molecule has 1 aliphatic heterocycles. The number of alkyl halides is 2. The van der Waals surface area contributed by atoms with E-state index >= 15 is 0 Å². The van der Waals surface area contributed by atoms with Crippen LogP contribution in [0, 0.1) is 0 Å². The second-order valence-corrected chi connectivity index (χ2v) is 8.98. The van der Waals surface area contributed by atoms with Crippen LogP contribution >= 0.6 is 0 Å². The van der Waals surface area contributed by atoms with Gasteiger partial charge in [-0.2, -0.15) is 5.10 Å². The third-order valence-corrected chi connectivity index (χ3v) is 6.16. The fraction of sp³-hybridized carbons (Fsp3) is 0.400. The molecule has 0 bridgehead atoms. The van der Waals surface area contributed by atoms with Crippen LogP contribution in [-0.4, -0.2) is 39.7 Å². The second-order valence-electron chi connectivity index (χ2n) is 8.98. The molecule has 0 atom stereocenters. The summed E-state index contributed by atoms with van der Waals surface area (Å²) in [4.78, 5) is 17.3. The van der Waals surface area contributed by atoms with Gasteiger partial charge in [-0.05, 0) is 50.3 Å². The zero-order valence-electron chi connectivity index (χ0n) is 20.3. The molecule has 2 N–H and O–H groups in total. The van der Waals surface area contributed by atoms with Gasteiger partial charge in [-0.25, -0.2) is 13.8 Å². The third-order valence-electron chi connectivity index (χ3n) is 6.16. The van der Waals surface area contributed by atoms with Gasteiger partial charge in [-0.3, -0.25) is 4.68 Å². The average Bonchev–Trinajstić information content (AvgIpc) is 3.38. The number of carboxylic acid groups (broad SMARTS) is 1. The van der Waals surface area contributed by atoms with Gasteiger partial charge in [0.1, 0.15) is 0 Å². The maximum atomic E-state index is 13.7. The first-order valence-electron chi connectivity index (χ1n) is 11.4. The fourth-order valence-electron chi connectivity index (χ4n) is 4.36. The minimum absolute atomic E-state index is 0. The SMILES string of the molecule is CC(C)n1cc(C(=O)[O-])c(CCCc2ccccc2-c2ccnc(N3CCC(F)(F)C3)c2N)n1.[Li+]. The number of carboxylic acids is 1. The van der Waals surface area contributed by atoms with Gasteiger partial charge in [0.15, 0.2) is 5.82 Å². The molecule has 4 rings (SSSR count). The minimum atomic E-state index is -2.74. The molecule has 1 fully saturated rings. The van der Waals surface area contributed by atoms with Gasteiger partial charge in [0.25, 0.3) is 5.92 Å². The number of anilines is 2. The number of nitrogen functional groups attached to an aromatic ring is 1. The molecule has 0 spiro atoms. The fourth-order valence-corrected chi connectivity index (χ4v) is 4.36. The van der Waals surface area contributed by atoms with Crippen LogP contribution in [0.25, 0.3) is 11.1 Å². The van der Waals surface area contributed by atoms with Gasteiger partial charge in [-0.15, -0.1) is 0 Å². The van der Waals surface area contributed by atoms with Crippen LogP contribution < -0.4 is 34.6 Å². The van der Waals surface area contributed by atoms with Crippen molar-refractivity contribution in [3.05, 3.63) is 59.5 Å². The Balaban J connectivity index is 0.00000342. The number of aromatic carboxylic acids is 1. The van der Waals surface area contributed by atoms with Crippen molar-refractivity contribution in [2.75, 3.05) is 23.7 Å². The van der Waals surface area contributed by atoms with Crippen molar-refractivity contribution in [2.24, 2.45) is 0 Å². The summed E-state index contributed by atoms with van der Waals surface area (Å²) in [6.45, 7) is 3.68. The van der Waals surface area contributed by atoms with Crippen LogP contribution in [0.1, 0.15) is 54.3 Å². The summed E-state index contributed by atoms with van der Waals surface area (Å²) < 4.78 is 29.1. The Morgan fingerprint density at radius 3 is 2.60 bits per heavy atom. The number of rotatable bonds is 8. The van der Waals surface area contributed by atoms with E-state index in [2.05, 4.69) is 10.1 Å². The van der Waals surface area contributed by atoms with Crippen LogP contribution in [0.3, 0.4) is 0 Å². The molecule has 2 aromatic heterocycles. The maximum Gasteiger partial charge on any atom is 1.00 e. The van der Waals surface area contributed by atoms with Crippen molar-refractivity contribution in [1.82, 2.24) is 14.8 Å². The molecule has 7 nitrogen and oxygen atoms in total. The molecule has 0 unspecified atom stereocenters. The summed E-state index contributed by atoms with van der Waals surface area (Å²) in [7, 11) is 0. The van der Waals surface area contributed by atoms with Crippen molar-refractivity contribution in [2.45, 2.75) is 51.5 Å². The molecule has 1 aromatic carbocycles. The summed E-state index contributed by atoms with van der Waals surface area (Å²) in [5, 5.41) is 15.9. The normalized spacial score (nSPS) is 14.8. The summed E-state index contributed by atoms with van der Waals surface area (Å²) in [5.41, 5.74) is 10.1. The van der Waals surface area contributed by atoms with E-state index in [4.69, 9.17) is 5.73 Å². The zero-order chi connectivity index (χ0) is 24.5. The van der Waals surface area contributed by atoms with Gasteiger partial charge >= 0.3 is 18.9 Å². The molecular weight excluding hydrogens is 447 g/mol. The summed E-state index contributed by atoms with van der Waals surface area (Å²) in [6.07, 6.45) is 4.72. The first-order valence-corrected chi connectivity index (χ1v) is 11.4. The van der Waals surface area contributed by atoms with Gasteiger partial charge in [0.2, 0.25) is 0 Å². The van der Waals surface area contributed by atoms with Gasteiger partial charge in [0, 0.05) is 42.5 Å². The maximum absolute atomic E-state index is 13.7. The quantitative estimate of drug-likeness (QED) is 0.477. The Morgan fingerprint density at radius 1 is 1.20 bits per heavy atom. The smallest absolute Gasteiger partial charge is 0.545 e. The molecular formula is C25H28F2LiN5O2. The molecule has 1 aliphatic rings. The molecule has 3 aromatic rings. The molecule has 3 heterocycles. The number of aryl methyl sites for hydroxylation is 2. The number of nitrogens with two attached hydrogens (primary N) is 1. The van der Waals surface area contributed by atoms with E-state index in [9.17, 15) is 18.7 Å². The van der Waals surface area contributed by atoms with E-state index in [-0.39, 0.29) is 50.0 Å². The van der Waals surface area contributed by atoms with E-state index < -0.39 is 11.9 Å². The molecule has 0 aliphatic carbocycles. The van der Waals surface area contributed by atoms with Crippen molar-refractivity contribution in [3.63, 3.8) is 0 Å². The van der Waals surface area contributed by atoms with Gasteiger partial charge in [0.05, 0.1) is 23.9 Å². The Kier molecular flexibility index (Phi) is 8.24. The molecule has 10 heteroatoms. The van der Waals surface area contributed by atoms with Crippen LogP contribution in [0.5, 0.6) is 0 Å². The standard InChI is InChI=1S/C25H29F2N5O2.Li/c1-16(2)32-14-20(24(33)34)21(30-32)9-5-7-17-6-3-4-8-18(17)19-10-12-29-23(22(19)28)31-13-11-25(26,27)15-31;/h3-4,6,8,10,12,14,16H,5,7,9,11,13,15,28H2,1-2H3,(H,33,34);/q;+1/p-1. The minimum Gasteiger partial charge on any atom is -0.545 e. The van der Waals surface area contributed by atoms with E-state index in [0.717, 1.165) is 16.7 Å². The summed E-state index contributed by atoms with van der Waals surface area (Å²) in [6, 6.07) is 9.62. The van der Waals surface area contributed by atoms with Crippen LogP contribution in [-0.2, 0) is 12.8 Å². The number of hydrogen-bond acceptors (Lipinski definition) is 6. The van der Waals surface area contributed by atoms with E-state index in [1.165, 1.54) is 11.1 Å². The Labute approximate surface area is 215 Å². The van der Waals surface area contributed by atoms with E-state index in [1.807, 2.05) is 38.1 Å². The monoisotopic (exact) mass is 475 g/mol. The first-order chi connectivity index (χ1) is 16.2. The molecule has 1 saturated heterocycles. The van der Waals surface area contributed by atoms with Crippen molar-refractivity contribution in [3.8, 4) is 11.1 Å². The largest absolute Gasteiger partial charge is 1.00 e. The van der Waals surface area contributed by atoms with Crippen molar-refractivity contribution in [1.29, 1.82) is 0 Å². The van der Waals surface area contributed by atoms with Gasteiger partial charge in [-0.1, -0.05) is 24.3 Å². The van der Waals surface area contributed by atoms with E-state index in [0.29, 0.717) is 36.5 Å². The number of hydrogen-bond donors (Lipinski definition) is 1.